The first-order valence-corrected chi connectivity index (χ1v) is 7.78. The first kappa shape index (κ1) is 19.0. The standard InChI is InChI=1S/C16H17N.2C2H6/c1-4-8-15-13(5-2)11-12-14-9-6-7-10-16(14)17(15)3;2*1-2/h4-12H,2H2,1,3H3;2*1-2H3/b8-4-;;. The van der Waals surface area contributed by atoms with Crippen molar-refractivity contribution in [1.82, 2.24) is 0 Å². The zero-order chi connectivity index (χ0) is 16.3. The SMILES string of the molecule is C=CC1=C(/C=C\C)N(C)c2ccccc2C=C1.CC.CC. The van der Waals surface area contributed by atoms with E-state index >= 15 is 0 Å². The highest BCUT2D eigenvalue weighted by atomic mass is 15.1. The molecule has 1 aromatic rings. The molecule has 0 spiro atoms. The molecule has 0 aliphatic carbocycles. The van der Waals surface area contributed by atoms with Crippen LogP contribution in [-0.2, 0) is 0 Å². The minimum Gasteiger partial charge on any atom is -0.344 e. The molecule has 1 aliphatic rings. The highest BCUT2D eigenvalue weighted by molar-refractivity contribution is 5.75. The molecule has 0 saturated carbocycles. The maximum absolute atomic E-state index is 3.89. The minimum absolute atomic E-state index is 1.14. The quantitative estimate of drug-likeness (QED) is 0.623. The normalized spacial score (nSPS) is 12.8. The fourth-order valence-electron chi connectivity index (χ4n) is 2.06. The second-order valence-electron chi connectivity index (χ2n) is 4.00. The molecule has 2 rings (SSSR count). The van der Waals surface area contributed by atoms with Crippen LogP contribution in [0.3, 0.4) is 0 Å². The molecule has 1 aliphatic heterocycles. The van der Waals surface area contributed by atoms with Crippen molar-refractivity contribution in [2.24, 2.45) is 0 Å². The Labute approximate surface area is 131 Å². The zero-order valence-electron chi connectivity index (χ0n) is 14.4. The first-order chi connectivity index (χ1) is 10.3. The van der Waals surface area contributed by atoms with Gasteiger partial charge in [-0.1, -0.05) is 76.8 Å². The second kappa shape index (κ2) is 10.7. The minimum atomic E-state index is 1.14. The number of fused-ring (bicyclic) bond motifs is 1. The molecule has 1 aromatic carbocycles. The molecule has 0 radical (unpaired) electrons. The van der Waals surface area contributed by atoms with Crippen LogP contribution >= 0.6 is 0 Å². The van der Waals surface area contributed by atoms with Gasteiger partial charge < -0.3 is 4.90 Å². The van der Waals surface area contributed by atoms with Gasteiger partial charge in [0.15, 0.2) is 0 Å². The molecule has 21 heavy (non-hydrogen) atoms. The lowest BCUT2D eigenvalue weighted by Crippen LogP contribution is -2.16. The average Bonchev–Trinajstić information content (AvgIpc) is 2.70. The maximum atomic E-state index is 3.89. The van der Waals surface area contributed by atoms with E-state index in [1.807, 2.05) is 40.7 Å². The molecular weight excluding hydrogens is 254 g/mol. The van der Waals surface area contributed by atoms with Gasteiger partial charge in [-0.3, -0.25) is 0 Å². The zero-order valence-corrected chi connectivity index (χ0v) is 14.4. The van der Waals surface area contributed by atoms with E-state index < -0.39 is 0 Å². The van der Waals surface area contributed by atoms with Gasteiger partial charge in [-0.15, -0.1) is 0 Å². The molecule has 0 aromatic heterocycles. The first-order valence-electron chi connectivity index (χ1n) is 7.78. The third kappa shape index (κ3) is 4.78. The van der Waals surface area contributed by atoms with Crippen LogP contribution in [0, 0.1) is 0 Å². The second-order valence-corrected chi connectivity index (χ2v) is 4.00. The van der Waals surface area contributed by atoms with E-state index in [4.69, 9.17) is 0 Å². The number of hydrogen-bond acceptors (Lipinski definition) is 1. The highest BCUT2D eigenvalue weighted by Gasteiger charge is 2.13. The number of allylic oxidation sites excluding steroid dienone is 5. The molecule has 0 saturated heterocycles. The summed E-state index contributed by atoms with van der Waals surface area (Å²) in [5, 5.41) is 0. The third-order valence-corrected chi connectivity index (χ3v) is 2.94. The average molecular weight is 283 g/mol. The van der Waals surface area contributed by atoms with Crippen molar-refractivity contribution in [3.63, 3.8) is 0 Å². The largest absolute Gasteiger partial charge is 0.344 e. The van der Waals surface area contributed by atoms with Crippen molar-refractivity contribution in [3.05, 3.63) is 72.0 Å². The van der Waals surface area contributed by atoms with E-state index in [0.717, 1.165) is 5.57 Å². The van der Waals surface area contributed by atoms with Crippen molar-refractivity contribution in [1.29, 1.82) is 0 Å². The molecular formula is C20H29N. The topological polar surface area (TPSA) is 3.24 Å². The van der Waals surface area contributed by atoms with Crippen LogP contribution < -0.4 is 4.90 Å². The Morgan fingerprint density at radius 1 is 1.00 bits per heavy atom. The number of anilines is 1. The van der Waals surface area contributed by atoms with Gasteiger partial charge in [0, 0.05) is 18.4 Å². The molecule has 0 N–H and O–H groups in total. The lowest BCUT2D eigenvalue weighted by molar-refractivity contribution is 1.12. The predicted molar refractivity (Wildman–Crippen MR) is 98.6 cm³/mol. The summed E-state index contributed by atoms with van der Waals surface area (Å²) >= 11 is 0. The van der Waals surface area contributed by atoms with Gasteiger partial charge in [-0.05, 0) is 30.2 Å². The molecule has 0 bridgehead atoms. The van der Waals surface area contributed by atoms with Crippen molar-refractivity contribution in [2.75, 3.05) is 11.9 Å². The lowest BCUT2D eigenvalue weighted by atomic mass is 10.1. The van der Waals surface area contributed by atoms with Crippen LogP contribution in [0.25, 0.3) is 6.08 Å². The Kier molecular flexibility index (Phi) is 9.70. The summed E-state index contributed by atoms with van der Waals surface area (Å²) in [6, 6.07) is 8.39. The number of likely N-dealkylation sites (N-methyl/N-ethyl adjacent to an activating group) is 1. The van der Waals surface area contributed by atoms with Crippen molar-refractivity contribution in [2.45, 2.75) is 34.6 Å². The van der Waals surface area contributed by atoms with Gasteiger partial charge in [-0.25, -0.2) is 0 Å². The van der Waals surface area contributed by atoms with Crippen LogP contribution in [-0.4, -0.2) is 7.05 Å². The van der Waals surface area contributed by atoms with Crippen molar-refractivity contribution >= 4 is 11.8 Å². The summed E-state index contributed by atoms with van der Waals surface area (Å²) in [6.45, 7) is 13.9. The molecule has 114 valence electrons. The summed E-state index contributed by atoms with van der Waals surface area (Å²) < 4.78 is 0. The monoisotopic (exact) mass is 283 g/mol. The highest BCUT2D eigenvalue weighted by Crippen LogP contribution is 2.29. The molecule has 0 atom stereocenters. The summed E-state index contributed by atoms with van der Waals surface area (Å²) in [5.74, 6) is 0. The fourth-order valence-corrected chi connectivity index (χ4v) is 2.06. The van der Waals surface area contributed by atoms with Crippen LogP contribution in [0.2, 0.25) is 0 Å². The summed E-state index contributed by atoms with van der Waals surface area (Å²) in [4.78, 5) is 2.20. The van der Waals surface area contributed by atoms with Gasteiger partial charge in [0.2, 0.25) is 0 Å². The summed E-state index contributed by atoms with van der Waals surface area (Å²) in [7, 11) is 2.09. The summed E-state index contributed by atoms with van der Waals surface area (Å²) in [6.07, 6.45) is 10.3. The molecule has 1 heterocycles. The van der Waals surface area contributed by atoms with Gasteiger partial charge in [-0.2, -0.15) is 0 Å². The van der Waals surface area contributed by atoms with Gasteiger partial charge in [0.25, 0.3) is 0 Å². The number of rotatable bonds is 2. The summed E-state index contributed by atoms with van der Waals surface area (Å²) in [5.41, 5.74) is 4.76. The number of para-hydroxylation sites is 1. The van der Waals surface area contributed by atoms with E-state index in [1.165, 1.54) is 16.9 Å². The van der Waals surface area contributed by atoms with Crippen LogP contribution in [0.5, 0.6) is 0 Å². The van der Waals surface area contributed by atoms with E-state index in [1.54, 1.807) is 0 Å². The van der Waals surface area contributed by atoms with Crippen LogP contribution in [0.1, 0.15) is 40.2 Å². The Bertz CT molecular complexity index is 518. The fraction of sp³-hybridized carbons (Fsp3) is 0.300. The van der Waals surface area contributed by atoms with E-state index in [2.05, 4.69) is 67.1 Å². The Morgan fingerprint density at radius 3 is 2.19 bits per heavy atom. The smallest absolute Gasteiger partial charge is 0.0481 e. The Hall–Kier alpha value is -2.02. The van der Waals surface area contributed by atoms with Gasteiger partial charge in [0.05, 0.1) is 0 Å². The lowest BCUT2D eigenvalue weighted by Gasteiger charge is -2.22. The maximum Gasteiger partial charge on any atom is 0.0481 e. The van der Waals surface area contributed by atoms with E-state index in [9.17, 15) is 0 Å². The third-order valence-electron chi connectivity index (χ3n) is 2.94. The Balaban J connectivity index is 0.000000921. The molecule has 1 heteroatoms. The number of benzene rings is 1. The van der Waals surface area contributed by atoms with E-state index in [0.29, 0.717) is 0 Å². The van der Waals surface area contributed by atoms with Gasteiger partial charge in [0.1, 0.15) is 0 Å². The van der Waals surface area contributed by atoms with Gasteiger partial charge >= 0.3 is 0 Å². The van der Waals surface area contributed by atoms with E-state index in [-0.39, 0.29) is 0 Å². The molecule has 0 unspecified atom stereocenters. The predicted octanol–water partition coefficient (Wildman–Crippen LogP) is 6.22. The molecule has 0 fully saturated rings. The van der Waals surface area contributed by atoms with Crippen LogP contribution in [0.15, 0.2) is 66.4 Å². The van der Waals surface area contributed by atoms with Crippen molar-refractivity contribution in [3.8, 4) is 0 Å². The van der Waals surface area contributed by atoms with Crippen LogP contribution in [0.4, 0.5) is 5.69 Å². The number of hydrogen-bond donors (Lipinski definition) is 0. The van der Waals surface area contributed by atoms with Crippen molar-refractivity contribution < 1.29 is 0 Å². The molecule has 1 nitrogen and oxygen atoms in total. The Morgan fingerprint density at radius 2 is 1.62 bits per heavy atom. The molecule has 0 amide bonds. The number of nitrogens with zero attached hydrogens (tertiary/aromatic N) is 1.